The van der Waals surface area contributed by atoms with Crippen LogP contribution in [0.25, 0.3) is 11.0 Å². The number of nitrogens with two attached hydrogens (primary N) is 1. The maximum absolute atomic E-state index is 5.46. The SMILES string of the molecule is NCCc1cncc2occc12. The number of fused-ring (bicyclic) bond motifs is 1. The molecule has 0 aliphatic heterocycles. The van der Waals surface area contributed by atoms with Gasteiger partial charge in [0.15, 0.2) is 5.58 Å². The average Bonchev–Trinajstić information content (AvgIpc) is 2.53. The Hall–Kier alpha value is -1.35. The van der Waals surface area contributed by atoms with E-state index in [1.54, 1.807) is 12.5 Å². The maximum Gasteiger partial charge on any atom is 0.152 e. The van der Waals surface area contributed by atoms with Gasteiger partial charge in [0.2, 0.25) is 0 Å². The van der Waals surface area contributed by atoms with Crippen molar-refractivity contribution < 1.29 is 4.42 Å². The molecule has 0 aromatic carbocycles. The smallest absolute Gasteiger partial charge is 0.152 e. The van der Waals surface area contributed by atoms with E-state index < -0.39 is 0 Å². The van der Waals surface area contributed by atoms with E-state index in [0.29, 0.717) is 6.54 Å². The summed E-state index contributed by atoms with van der Waals surface area (Å²) in [5.74, 6) is 0. The minimum Gasteiger partial charge on any atom is -0.463 e. The Balaban J connectivity index is 2.57. The largest absolute Gasteiger partial charge is 0.463 e. The highest BCUT2D eigenvalue weighted by atomic mass is 16.3. The minimum atomic E-state index is 0.645. The van der Waals surface area contributed by atoms with Gasteiger partial charge in [-0.25, -0.2) is 0 Å². The van der Waals surface area contributed by atoms with Crippen LogP contribution in [0.2, 0.25) is 0 Å². The fraction of sp³-hybridized carbons (Fsp3) is 0.222. The lowest BCUT2D eigenvalue weighted by Gasteiger charge is -1.97. The van der Waals surface area contributed by atoms with Crippen LogP contribution in [0, 0.1) is 0 Å². The molecule has 0 bridgehead atoms. The fourth-order valence-corrected chi connectivity index (χ4v) is 1.31. The summed E-state index contributed by atoms with van der Waals surface area (Å²) >= 11 is 0. The molecular weight excluding hydrogens is 152 g/mol. The predicted octanol–water partition coefficient (Wildman–Crippen LogP) is 1.33. The van der Waals surface area contributed by atoms with Crippen molar-refractivity contribution in [2.24, 2.45) is 5.73 Å². The Kier molecular flexibility index (Phi) is 1.80. The molecule has 0 saturated carbocycles. The molecular formula is C9H10N2O. The van der Waals surface area contributed by atoms with Gasteiger partial charge in [0.25, 0.3) is 0 Å². The lowest BCUT2D eigenvalue weighted by Crippen LogP contribution is -2.02. The van der Waals surface area contributed by atoms with E-state index in [1.165, 1.54) is 0 Å². The molecule has 2 rings (SSSR count). The van der Waals surface area contributed by atoms with Gasteiger partial charge in [-0.3, -0.25) is 4.98 Å². The highest BCUT2D eigenvalue weighted by Gasteiger charge is 2.01. The van der Waals surface area contributed by atoms with Crippen molar-refractivity contribution in [3.63, 3.8) is 0 Å². The molecule has 62 valence electrons. The van der Waals surface area contributed by atoms with Crippen molar-refractivity contribution in [2.75, 3.05) is 6.54 Å². The molecule has 0 atom stereocenters. The maximum atomic E-state index is 5.46. The number of nitrogens with zero attached hydrogens (tertiary/aromatic N) is 1. The molecule has 0 unspecified atom stereocenters. The van der Waals surface area contributed by atoms with Crippen LogP contribution in [-0.2, 0) is 6.42 Å². The number of rotatable bonds is 2. The van der Waals surface area contributed by atoms with Crippen LogP contribution in [0.5, 0.6) is 0 Å². The van der Waals surface area contributed by atoms with Crippen molar-refractivity contribution in [1.29, 1.82) is 0 Å². The summed E-state index contributed by atoms with van der Waals surface area (Å²) in [7, 11) is 0. The molecule has 0 radical (unpaired) electrons. The van der Waals surface area contributed by atoms with E-state index in [4.69, 9.17) is 10.2 Å². The van der Waals surface area contributed by atoms with Gasteiger partial charge in [-0.2, -0.15) is 0 Å². The third-order valence-corrected chi connectivity index (χ3v) is 1.88. The monoisotopic (exact) mass is 162 g/mol. The van der Waals surface area contributed by atoms with E-state index in [0.717, 1.165) is 23.0 Å². The first-order valence-corrected chi connectivity index (χ1v) is 3.92. The Morgan fingerprint density at radius 3 is 3.17 bits per heavy atom. The highest BCUT2D eigenvalue weighted by molar-refractivity contribution is 5.79. The summed E-state index contributed by atoms with van der Waals surface area (Å²) in [6.07, 6.45) is 6.08. The van der Waals surface area contributed by atoms with E-state index in [1.807, 2.05) is 12.3 Å². The first kappa shape index (κ1) is 7.31. The van der Waals surface area contributed by atoms with Gasteiger partial charge in [-0.05, 0) is 24.6 Å². The average molecular weight is 162 g/mol. The fourth-order valence-electron chi connectivity index (χ4n) is 1.31. The number of furan rings is 1. The molecule has 0 amide bonds. The van der Waals surface area contributed by atoms with Crippen LogP contribution in [0.4, 0.5) is 0 Å². The molecule has 0 spiro atoms. The van der Waals surface area contributed by atoms with E-state index in [-0.39, 0.29) is 0 Å². The molecule has 2 heterocycles. The van der Waals surface area contributed by atoms with Crippen LogP contribution in [0.15, 0.2) is 29.1 Å². The second kappa shape index (κ2) is 2.95. The third-order valence-electron chi connectivity index (χ3n) is 1.88. The minimum absolute atomic E-state index is 0.645. The van der Waals surface area contributed by atoms with Gasteiger partial charge in [0.1, 0.15) is 0 Å². The van der Waals surface area contributed by atoms with Crippen molar-refractivity contribution in [1.82, 2.24) is 4.98 Å². The van der Waals surface area contributed by atoms with Crippen molar-refractivity contribution in [3.8, 4) is 0 Å². The summed E-state index contributed by atoms with van der Waals surface area (Å²) in [4.78, 5) is 4.05. The summed E-state index contributed by atoms with van der Waals surface area (Å²) in [6.45, 7) is 0.645. The standard InChI is InChI=1S/C9H10N2O/c10-3-1-7-5-11-6-9-8(7)2-4-12-9/h2,4-6H,1,3,10H2. The molecule has 2 N–H and O–H groups in total. The second-order valence-corrected chi connectivity index (χ2v) is 2.67. The van der Waals surface area contributed by atoms with Crippen molar-refractivity contribution in [2.45, 2.75) is 6.42 Å². The van der Waals surface area contributed by atoms with Gasteiger partial charge >= 0.3 is 0 Å². The zero-order chi connectivity index (χ0) is 8.39. The molecule has 3 nitrogen and oxygen atoms in total. The van der Waals surface area contributed by atoms with Gasteiger partial charge in [0, 0.05) is 11.6 Å². The second-order valence-electron chi connectivity index (χ2n) is 2.67. The first-order chi connectivity index (χ1) is 5.92. The zero-order valence-corrected chi connectivity index (χ0v) is 6.66. The van der Waals surface area contributed by atoms with Crippen LogP contribution in [0.3, 0.4) is 0 Å². The lowest BCUT2D eigenvalue weighted by atomic mass is 10.1. The van der Waals surface area contributed by atoms with E-state index in [2.05, 4.69) is 4.98 Å². The summed E-state index contributed by atoms with van der Waals surface area (Å²) in [5.41, 5.74) is 7.45. The Morgan fingerprint density at radius 2 is 2.33 bits per heavy atom. The molecule has 3 heteroatoms. The van der Waals surface area contributed by atoms with Gasteiger partial charge < -0.3 is 10.2 Å². The summed E-state index contributed by atoms with van der Waals surface area (Å²) in [6, 6.07) is 1.95. The van der Waals surface area contributed by atoms with Crippen molar-refractivity contribution >= 4 is 11.0 Å². The van der Waals surface area contributed by atoms with Crippen LogP contribution in [-0.4, -0.2) is 11.5 Å². The first-order valence-electron chi connectivity index (χ1n) is 3.92. The van der Waals surface area contributed by atoms with E-state index >= 15 is 0 Å². The van der Waals surface area contributed by atoms with Crippen molar-refractivity contribution in [3.05, 3.63) is 30.3 Å². The Morgan fingerprint density at radius 1 is 1.42 bits per heavy atom. The number of pyridine rings is 1. The molecule has 12 heavy (non-hydrogen) atoms. The van der Waals surface area contributed by atoms with Crippen LogP contribution < -0.4 is 5.73 Å². The molecule has 0 aliphatic rings. The predicted molar refractivity (Wildman–Crippen MR) is 46.8 cm³/mol. The zero-order valence-electron chi connectivity index (χ0n) is 6.66. The summed E-state index contributed by atoms with van der Waals surface area (Å²) in [5, 5.41) is 1.12. The van der Waals surface area contributed by atoms with E-state index in [9.17, 15) is 0 Å². The third kappa shape index (κ3) is 1.08. The highest BCUT2D eigenvalue weighted by Crippen LogP contribution is 2.18. The Labute approximate surface area is 70.2 Å². The summed E-state index contributed by atoms with van der Waals surface area (Å²) < 4.78 is 5.20. The van der Waals surface area contributed by atoms with Gasteiger partial charge in [0.05, 0.1) is 12.5 Å². The van der Waals surface area contributed by atoms with Crippen LogP contribution in [0.1, 0.15) is 5.56 Å². The Bertz CT molecular complexity index is 381. The molecule has 2 aromatic rings. The van der Waals surface area contributed by atoms with Crippen LogP contribution >= 0.6 is 0 Å². The molecule has 0 aliphatic carbocycles. The normalized spacial score (nSPS) is 10.8. The number of hydrogen-bond acceptors (Lipinski definition) is 3. The molecule has 0 saturated heterocycles. The number of aromatic nitrogens is 1. The van der Waals surface area contributed by atoms with Gasteiger partial charge in [-0.1, -0.05) is 0 Å². The van der Waals surface area contributed by atoms with Gasteiger partial charge in [-0.15, -0.1) is 0 Å². The number of hydrogen-bond donors (Lipinski definition) is 1. The lowest BCUT2D eigenvalue weighted by molar-refractivity contribution is 0.614. The quantitative estimate of drug-likeness (QED) is 0.724. The molecule has 2 aromatic heterocycles. The topological polar surface area (TPSA) is 52.0 Å². The molecule has 0 fully saturated rings.